The van der Waals surface area contributed by atoms with Crippen LogP contribution in [-0.2, 0) is 0 Å². The van der Waals surface area contributed by atoms with E-state index in [1.807, 2.05) is 24.3 Å². The lowest BCUT2D eigenvalue weighted by molar-refractivity contribution is 0.246. The molecule has 2 unspecified atom stereocenters. The molecule has 0 radical (unpaired) electrons. The summed E-state index contributed by atoms with van der Waals surface area (Å²) in [7, 11) is 0. The van der Waals surface area contributed by atoms with Crippen LogP contribution in [0.5, 0.6) is 5.75 Å². The van der Waals surface area contributed by atoms with Crippen LogP contribution < -0.4 is 4.74 Å². The van der Waals surface area contributed by atoms with Crippen molar-refractivity contribution in [1.29, 1.82) is 0 Å². The van der Waals surface area contributed by atoms with Crippen molar-refractivity contribution in [2.45, 2.75) is 32.6 Å². The molecule has 96 valence electrons. The van der Waals surface area contributed by atoms with Crippen LogP contribution in [0.3, 0.4) is 0 Å². The lowest BCUT2D eigenvalue weighted by Gasteiger charge is -2.23. The SMILES string of the molecule is CC(C)C(CCOc1cccc(Br)c1)C(C)Cl. The van der Waals surface area contributed by atoms with Gasteiger partial charge in [-0.2, -0.15) is 0 Å². The number of hydrogen-bond acceptors (Lipinski definition) is 1. The highest BCUT2D eigenvalue weighted by atomic mass is 79.9. The summed E-state index contributed by atoms with van der Waals surface area (Å²) in [6, 6.07) is 7.92. The Kier molecular flexibility index (Phi) is 6.35. The molecule has 3 heteroatoms. The molecule has 0 N–H and O–H groups in total. The predicted molar refractivity (Wildman–Crippen MR) is 77.9 cm³/mol. The highest BCUT2D eigenvalue weighted by Gasteiger charge is 2.18. The van der Waals surface area contributed by atoms with Gasteiger partial charge in [0.2, 0.25) is 0 Å². The molecule has 0 saturated heterocycles. The van der Waals surface area contributed by atoms with Crippen LogP contribution in [0.15, 0.2) is 28.7 Å². The van der Waals surface area contributed by atoms with Gasteiger partial charge in [0.1, 0.15) is 5.75 Å². The van der Waals surface area contributed by atoms with Crippen molar-refractivity contribution in [2.75, 3.05) is 6.61 Å². The Labute approximate surface area is 118 Å². The van der Waals surface area contributed by atoms with E-state index in [2.05, 4.69) is 36.7 Å². The molecule has 0 spiro atoms. The van der Waals surface area contributed by atoms with Gasteiger partial charge in [-0.3, -0.25) is 0 Å². The molecule has 0 aromatic heterocycles. The topological polar surface area (TPSA) is 9.23 Å². The second-order valence-corrected chi connectivity index (χ2v) is 6.28. The van der Waals surface area contributed by atoms with Crippen LogP contribution in [0.25, 0.3) is 0 Å². The van der Waals surface area contributed by atoms with E-state index in [-0.39, 0.29) is 5.38 Å². The third-order valence-corrected chi connectivity index (χ3v) is 3.78. The van der Waals surface area contributed by atoms with E-state index in [4.69, 9.17) is 16.3 Å². The summed E-state index contributed by atoms with van der Waals surface area (Å²) in [5.41, 5.74) is 0. The number of hydrogen-bond donors (Lipinski definition) is 0. The van der Waals surface area contributed by atoms with E-state index < -0.39 is 0 Å². The number of alkyl halides is 1. The Morgan fingerprint density at radius 2 is 2.00 bits per heavy atom. The van der Waals surface area contributed by atoms with Crippen molar-refractivity contribution < 1.29 is 4.74 Å². The molecule has 17 heavy (non-hydrogen) atoms. The number of rotatable bonds is 6. The minimum absolute atomic E-state index is 0.195. The van der Waals surface area contributed by atoms with Gasteiger partial charge >= 0.3 is 0 Å². The summed E-state index contributed by atoms with van der Waals surface area (Å²) >= 11 is 9.61. The maximum absolute atomic E-state index is 6.18. The first-order valence-electron chi connectivity index (χ1n) is 6.03. The summed E-state index contributed by atoms with van der Waals surface area (Å²) in [5.74, 6) is 2.00. The van der Waals surface area contributed by atoms with Crippen LogP contribution >= 0.6 is 27.5 Å². The zero-order valence-electron chi connectivity index (χ0n) is 10.6. The molecule has 1 aromatic carbocycles. The smallest absolute Gasteiger partial charge is 0.120 e. The van der Waals surface area contributed by atoms with Gasteiger partial charge in [0, 0.05) is 9.85 Å². The van der Waals surface area contributed by atoms with Gasteiger partial charge in [-0.25, -0.2) is 0 Å². The van der Waals surface area contributed by atoms with Crippen LogP contribution in [0.2, 0.25) is 0 Å². The molecule has 0 amide bonds. The van der Waals surface area contributed by atoms with Gasteiger partial charge in [0.25, 0.3) is 0 Å². The standard InChI is InChI=1S/C14H20BrClO/c1-10(2)14(11(3)16)7-8-17-13-6-4-5-12(15)9-13/h4-6,9-11,14H,7-8H2,1-3H3. The first kappa shape index (κ1) is 14.8. The minimum Gasteiger partial charge on any atom is -0.494 e. The van der Waals surface area contributed by atoms with Gasteiger partial charge in [-0.05, 0) is 43.4 Å². The fraction of sp³-hybridized carbons (Fsp3) is 0.571. The van der Waals surface area contributed by atoms with E-state index in [1.54, 1.807) is 0 Å². The fourth-order valence-electron chi connectivity index (χ4n) is 1.96. The summed E-state index contributed by atoms with van der Waals surface area (Å²) in [6.45, 7) is 7.20. The molecule has 0 aliphatic rings. The molecule has 0 aliphatic heterocycles. The maximum atomic E-state index is 6.18. The molecule has 2 atom stereocenters. The average Bonchev–Trinajstić information content (AvgIpc) is 2.23. The molecular weight excluding hydrogens is 300 g/mol. The molecule has 1 nitrogen and oxygen atoms in total. The molecule has 1 rings (SSSR count). The van der Waals surface area contributed by atoms with E-state index in [9.17, 15) is 0 Å². The van der Waals surface area contributed by atoms with Crippen molar-refractivity contribution in [3.63, 3.8) is 0 Å². The molecule has 1 aromatic rings. The quantitative estimate of drug-likeness (QED) is 0.661. The lowest BCUT2D eigenvalue weighted by atomic mass is 9.90. The van der Waals surface area contributed by atoms with Gasteiger partial charge in [0.05, 0.1) is 6.61 Å². The van der Waals surface area contributed by atoms with Crippen molar-refractivity contribution in [1.82, 2.24) is 0 Å². The monoisotopic (exact) mass is 318 g/mol. The summed E-state index contributed by atoms with van der Waals surface area (Å²) in [6.07, 6.45) is 0.995. The molecule has 0 aliphatic carbocycles. The Bertz CT molecular complexity index is 331. The van der Waals surface area contributed by atoms with Crippen LogP contribution in [0, 0.1) is 11.8 Å². The fourth-order valence-corrected chi connectivity index (χ4v) is 2.76. The van der Waals surface area contributed by atoms with Crippen molar-refractivity contribution in [2.24, 2.45) is 11.8 Å². The zero-order chi connectivity index (χ0) is 12.8. The van der Waals surface area contributed by atoms with Gasteiger partial charge < -0.3 is 4.74 Å². The molecular formula is C14H20BrClO. The zero-order valence-corrected chi connectivity index (χ0v) is 13.0. The number of ether oxygens (including phenoxy) is 1. The highest BCUT2D eigenvalue weighted by molar-refractivity contribution is 9.10. The third kappa shape index (κ3) is 5.31. The maximum Gasteiger partial charge on any atom is 0.120 e. The van der Waals surface area contributed by atoms with Gasteiger partial charge in [0.15, 0.2) is 0 Å². The van der Waals surface area contributed by atoms with E-state index in [0.29, 0.717) is 11.8 Å². The summed E-state index contributed by atoms with van der Waals surface area (Å²) in [4.78, 5) is 0. The molecule has 0 heterocycles. The first-order valence-corrected chi connectivity index (χ1v) is 7.26. The Morgan fingerprint density at radius 1 is 1.29 bits per heavy atom. The average molecular weight is 320 g/mol. The van der Waals surface area contributed by atoms with Crippen LogP contribution in [0.1, 0.15) is 27.2 Å². The first-order chi connectivity index (χ1) is 8.00. The largest absolute Gasteiger partial charge is 0.494 e. The van der Waals surface area contributed by atoms with E-state index in [0.717, 1.165) is 23.2 Å². The predicted octanol–water partition coefficient (Wildman–Crippen LogP) is 5.12. The Hall–Kier alpha value is -0.210. The van der Waals surface area contributed by atoms with Gasteiger partial charge in [-0.15, -0.1) is 11.6 Å². The van der Waals surface area contributed by atoms with Crippen LogP contribution in [-0.4, -0.2) is 12.0 Å². The second kappa shape index (κ2) is 7.27. The molecule has 0 saturated carbocycles. The molecule has 0 fully saturated rings. The Morgan fingerprint density at radius 3 is 2.53 bits per heavy atom. The lowest BCUT2D eigenvalue weighted by Crippen LogP contribution is -2.20. The normalized spacial score (nSPS) is 14.7. The van der Waals surface area contributed by atoms with Gasteiger partial charge in [-0.1, -0.05) is 35.8 Å². The van der Waals surface area contributed by atoms with E-state index >= 15 is 0 Å². The number of benzene rings is 1. The second-order valence-electron chi connectivity index (χ2n) is 4.68. The van der Waals surface area contributed by atoms with Crippen LogP contribution in [0.4, 0.5) is 0 Å². The highest BCUT2D eigenvalue weighted by Crippen LogP contribution is 2.24. The summed E-state index contributed by atoms with van der Waals surface area (Å²) in [5, 5.41) is 0.195. The number of halogens is 2. The minimum atomic E-state index is 0.195. The Balaban J connectivity index is 2.41. The molecule has 0 bridgehead atoms. The van der Waals surface area contributed by atoms with Crippen molar-refractivity contribution >= 4 is 27.5 Å². The van der Waals surface area contributed by atoms with Crippen molar-refractivity contribution in [3.05, 3.63) is 28.7 Å². The van der Waals surface area contributed by atoms with Crippen molar-refractivity contribution in [3.8, 4) is 5.75 Å². The van der Waals surface area contributed by atoms with E-state index in [1.165, 1.54) is 0 Å². The third-order valence-electron chi connectivity index (χ3n) is 2.96. The summed E-state index contributed by atoms with van der Waals surface area (Å²) < 4.78 is 6.77.